The van der Waals surface area contributed by atoms with Gasteiger partial charge in [-0.3, -0.25) is 0 Å². The Morgan fingerprint density at radius 1 is 1.23 bits per heavy atom. The zero-order valence-electron chi connectivity index (χ0n) is 7.73. The van der Waals surface area contributed by atoms with Gasteiger partial charge in [-0.15, -0.1) is 0 Å². The van der Waals surface area contributed by atoms with Crippen molar-refractivity contribution in [3.8, 4) is 0 Å². The molecule has 0 amide bonds. The molecule has 0 fully saturated rings. The van der Waals surface area contributed by atoms with E-state index in [0.29, 0.717) is 13.0 Å². The van der Waals surface area contributed by atoms with Crippen LogP contribution in [0, 0.1) is 0 Å². The van der Waals surface area contributed by atoms with E-state index in [9.17, 15) is 13.2 Å². The predicted molar refractivity (Wildman–Crippen MR) is 44.4 cm³/mol. The van der Waals surface area contributed by atoms with Gasteiger partial charge in [0.15, 0.2) is 6.10 Å². The summed E-state index contributed by atoms with van der Waals surface area (Å²) in [5, 5.41) is 0. The van der Waals surface area contributed by atoms with Gasteiger partial charge in [0.05, 0.1) is 0 Å². The Labute approximate surface area is 76.2 Å². The molecule has 0 bridgehead atoms. The van der Waals surface area contributed by atoms with Crippen molar-refractivity contribution in [2.24, 2.45) is 5.73 Å². The topological polar surface area (TPSA) is 35.2 Å². The molecule has 0 aliphatic carbocycles. The maximum absolute atomic E-state index is 11.9. The molecule has 0 aliphatic heterocycles. The van der Waals surface area contributed by atoms with Crippen molar-refractivity contribution >= 4 is 0 Å². The number of ether oxygens (including phenoxy) is 1. The van der Waals surface area contributed by atoms with Gasteiger partial charge in [-0.25, -0.2) is 0 Å². The van der Waals surface area contributed by atoms with E-state index < -0.39 is 12.3 Å². The third-order valence-electron chi connectivity index (χ3n) is 1.68. The Morgan fingerprint density at radius 2 is 1.85 bits per heavy atom. The highest BCUT2D eigenvalue weighted by molar-refractivity contribution is 4.60. The zero-order chi connectivity index (χ0) is 10.3. The predicted octanol–water partition coefficient (Wildman–Crippen LogP) is 2.08. The van der Waals surface area contributed by atoms with Gasteiger partial charge in [0.1, 0.15) is 0 Å². The molecule has 2 N–H and O–H groups in total. The highest BCUT2D eigenvalue weighted by atomic mass is 19.4. The zero-order valence-corrected chi connectivity index (χ0v) is 7.73. The molecule has 0 rings (SSSR count). The third kappa shape index (κ3) is 6.83. The lowest BCUT2D eigenvalue weighted by Gasteiger charge is -2.15. The molecule has 0 aromatic rings. The van der Waals surface area contributed by atoms with Gasteiger partial charge in [-0.2, -0.15) is 13.2 Å². The maximum atomic E-state index is 11.9. The summed E-state index contributed by atoms with van der Waals surface area (Å²) in [6, 6.07) is 0. The smallest absolute Gasteiger partial charge is 0.369 e. The summed E-state index contributed by atoms with van der Waals surface area (Å²) in [6.07, 6.45) is -3.61. The molecule has 0 radical (unpaired) electrons. The lowest BCUT2D eigenvalue weighted by Crippen LogP contribution is -2.28. The highest BCUT2D eigenvalue weighted by Gasteiger charge is 2.36. The van der Waals surface area contributed by atoms with Gasteiger partial charge in [0.2, 0.25) is 0 Å². The quantitative estimate of drug-likeness (QED) is 0.665. The fourth-order valence-electron chi connectivity index (χ4n) is 0.778. The molecule has 80 valence electrons. The van der Waals surface area contributed by atoms with Crippen molar-refractivity contribution in [1.82, 2.24) is 0 Å². The second kappa shape index (κ2) is 6.21. The minimum Gasteiger partial charge on any atom is -0.369 e. The number of rotatable bonds is 6. The van der Waals surface area contributed by atoms with E-state index in [-0.39, 0.29) is 6.61 Å². The number of hydrogen-bond acceptors (Lipinski definition) is 2. The molecule has 1 unspecified atom stereocenters. The van der Waals surface area contributed by atoms with Crippen LogP contribution in [0.15, 0.2) is 0 Å². The van der Waals surface area contributed by atoms with Crippen LogP contribution in [0.25, 0.3) is 0 Å². The molecule has 0 spiro atoms. The van der Waals surface area contributed by atoms with Crippen LogP contribution >= 0.6 is 0 Å². The molecule has 0 saturated carbocycles. The average molecular weight is 199 g/mol. The van der Waals surface area contributed by atoms with E-state index in [1.165, 1.54) is 0 Å². The first kappa shape index (κ1) is 12.7. The van der Waals surface area contributed by atoms with E-state index >= 15 is 0 Å². The Kier molecular flexibility index (Phi) is 6.07. The molecule has 2 nitrogen and oxygen atoms in total. The van der Waals surface area contributed by atoms with Gasteiger partial charge in [-0.1, -0.05) is 0 Å². The molecule has 0 heterocycles. The van der Waals surface area contributed by atoms with E-state index in [0.717, 1.165) is 19.8 Å². The molecule has 1 atom stereocenters. The normalized spacial score (nSPS) is 14.5. The maximum Gasteiger partial charge on any atom is 0.414 e. The first-order chi connectivity index (χ1) is 5.98. The van der Waals surface area contributed by atoms with Crippen molar-refractivity contribution in [3.63, 3.8) is 0 Å². The lowest BCUT2D eigenvalue weighted by molar-refractivity contribution is -0.214. The number of unbranched alkanes of at least 4 members (excludes halogenated alkanes) is 2. The summed E-state index contributed by atoms with van der Waals surface area (Å²) in [5.41, 5.74) is 5.22. The van der Waals surface area contributed by atoms with Crippen LogP contribution in [-0.4, -0.2) is 25.4 Å². The summed E-state index contributed by atoms with van der Waals surface area (Å²) >= 11 is 0. The van der Waals surface area contributed by atoms with Crippen LogP contribution in [0.2, 0.25) is 0 Å². The fraction of sp³-hybridized carbons (Fsp3) is 1.00. The minimum absolute atomic E-state index is 0.153. The van der Waals surface area contributed by atoms with Crippen LogP contribution in [-0.2, 0) is 4.74 Å². The molecule has 0 saturated heterocycles. The van der Waals surface area contributed by atoms with Crippen molar-refractivity contribution in [2.45, 2.75) is 38.5 Å². The summed E-state index contributed by atoms with van der Waals surface area (Å²) < 4.78 is 40.2. The molecule has 5 heteroatoms. The van der Waals surface area contributed by atoms with Crippen LogP contribution in [0.1, 0.15) is 26.2 Å². The second-order valence-corrected chi connectivity index (χ2v) is 2.90. The molecular weight excluding hydrogens is 183 g/mol. The number of halogens is 3. The first-order valence-electron chi connectivity index (χ1n) is 4.37. The molecular formula is C8H16F3NO. The molecule has 13 heavy (non-hydrogen) atoms. The Hall–Kier alpha value is -0.290. The number of hydrogen-bond donors (Lipinski definition) is 1. The summed E-state index contributed by atoms with van der Waals surface area (Å²) in [7, 11) is 0. The van der Waals surface area contributed by atoms with Gasteiger partial charge < -0.3 is 10.5 Å². The summed E-state index contributed by atoms with van der Waals surface area (Å²) in [5.74, 6) is 0. The van der Waals surface area contributed by atoms with Gasteiger partial charge in [0.25, 0.3) is 0 Å². The first-order valence-corrected chi connectivity index (χ1v) is 4.37. The van der Waals surface area contributed by atoms with Gasteiger partial charge in [0, 0.05) is 6.61 Å². The van der Waals surface area contributed by atoms with Gasteiger partial charge >= 0.3 is 6.18 Å². The van der Waals surface area contributed by atoms with Crippen LogP contribution in [0.4, 0.5) is 13.2 Å². The Balaban J connectivity index is 3.32. The van der Waals surface area contributed by atoms with Crippen molar-refractivity contribution < 1.29 is 17.9 Å². The van der Waals surface area contributed by atoms with Crippen LogP contribution in [0.3, 0.4) is 0 Å². The number of alkyl halides is 3. The largest absolute Gasteiger partial charge is 0.414 e. The molecule has 0 aromatic heterocycles. The monoisotopic (exact) mass is 199 g/mol. The Morgan fingerprint density at radius 3 is 2.31 bits per heavy atom. The molecule has 0 aliphatic rings. The van der Waals surface area contributed by atoms with E-state index in [2.05, 4.69) is 4.74 Å². The Bertz CT molecular complexity index is 127. The van der Waals surface area contributed by atoms with Gasteiger partial charge in [-0.05, 0) is 32.7 Å². The standard InChI is InChI=1S/C8H16F3NO/c1-7(8(9,10)11)13-6-4-2-3-5-12/h7H,2-6,12H2,1H3. The summed E-state index contributed by atoms with van der Waals surface area (Å²) in [4.78, 5) is 0. The lowest BCUT2D eigenvalue weighted by atomic mass is 10.2. The highest BCUT2D eigenvalue weighted by Crippen LogP contribution is 2.22. The van der Waals surface area contributed by atoms with Crippen molar-refractivity contribution in [1.29, 1.82) is 0 Å². The van der Waals surface area contributed by atoms with Crippen molar-refractivity contribution in [2.75, 3.05) is 13.2 Å². The fourth-order valence-corrected chi connectivity index (χ4v) is 0.778. The van der Waals surface area contributed by atoms with Crippen LogP contribution < -0.4 is 5.73 Å². The molecule has 0 aromatic carbocycles. The van der Waals surface area contributed by atoms with Crippen LogP contribution in [0.5, 0.6) is 0 Å². The SMILES string of the molecule is CC(OCCCCCN)C(F)(F)F. The number of nitrogens with two attached hydrogens (primary N) is 1. The van der Waals surface area contributed by atoms with E-state index in [4.69, 9.17) is 5.73 Å². The van der Waals surface area contributed by atoms with E-state index in [1.54, 1.807) is 0 Å². The minimum atomic E-state index is -4.24. The summed E-state index contributed by atoms with van der Waals surface area (Å²) in [6.45, 7) is 1.75. The second-order valence-electron chi connectivity index (χ2n) is 2.90. The van der Waals surface area contributed by atoms with E-state index in [1.807, 2.05) is 0 Å². The average Bonchev–Trinajstić information content (AvgIpc) is 2.02. The third-order valence-corrected chi connectivity index (χ3v) is 1.68. The van der Waals surface area contributed by atoms with Crippen molar-refractivity contribution in [3.05, 3.63) is 0 Å².